The summed E-state index contributed by atoms with van der Waals surface area (Å²) >= 11 is 0. The summed E-state index contributed by atoms with van der Waals surface area (Å²) in [6.07, 6.45) is 0.907. The molecular weight excluding hydrogens is 246 g/mol. The highest BCUT2D eigenvalue weighted by Gasteiger charge is 2.34. The number of hydrogen-bond donors (Lipinski definition) is 0. The van der Waals surface area contributed by atoms with Gasteiger partial charge in [0.1, 0.15) is 11.2 Å². The number of Topliss-reactive ketones (excluding diaryl/α,β-unsaturated/α-hetero) is 1. The molecule has 0 amide bonds. The third-order valence-electron chi connectivity index (χ3n) is 3.58. The van der Waals surface area contributed by atoms with Gasteiger partial charge in [0.2, 0.25) is 0 Å². The summed E-state index contributed by atoms with van der Waals surface area (Å²) in [6.45, 7) is 1.57. The molecule has 0 aromatic heterocycles. The van der Waals surface area contributed by atoms with Gasteiger partial charge in [-0.05, 0) is 24.5 Å². The standard InChI is InChI=1S/C18H17NO/c1-15(20)12-13-18(14-19,16-8-4-2-5-9-16)17-10-6-3-7-11-17/h2-11H,12-13H2,1H3. The molecule has 2 aromatic rings. The Morgan fingerprint density at radius 1 is 1.00 bits per heavy atom. The fraction of sp³-hybridized carbons (Fsp3) is 0.222. The molecule has 0 aliphatic rings. The summed E-state index contributed by atoms with van der Waals surface area (Å²) < 4.78 is 0. The van der Waals surface area contributed by atoms with E-state index in [4.69, 9.17) is 0 Å². The van der Waals surface area contributed by atoms with E-state index in [2.05, 4.69) is 6.07 Å². The highest BCUT2D eigenvalue weighted by atomic mass is 16.1. The molecule has 0 N–H and O–H groups in total. The number of carbonyl (C=O) groups is 1. The summed E-state index contributed by atoms with van der Waals surface area (Å²) in [6, 6.07) is 21.8. The van der Waals surface area contributed by atoms with Crippen LogP contribution in [0.5, 0.6) is 0 Å². The summed E-state index contributed by atoms with van der Waals surface area (Å²) in [5.74, 6) is 0.108. The van der Waals surface area contributed by atoms with E-state index in [1.165, 1.54) is 0 Å². The lowest BCUT2D eigenvalue weighted by molar-refractivity contribution is -0.117. The first-order chi connectivity index (χ1) is 9.69. The molecule has 100 valence electrons. The van der Waals surface area contributed by atoms with Crippen LogP contribution in [0.3, 0.4) is 0 Å². The Labute approximate surface area is 119 Å². The van der Waals surface area contributed by atoms with Crippen molar-refractivity contribution >= 4 is 5.78 Å². The topological polar surface area (TPSA) is 40.9 Å². The maximum Gasteiger partial charge on any atom is 0.129 e. The van der Waals surface area contributed by atoms with Crippen molar-refractivity contribution in [2.75, 3.05) is 0 Å². The SMILES string of the molecule is CC(=O)CCC(C#N)(c1ccccc1)c1ccccc1. The average Bonchev–Trinajstić information content (AvgIpc) is 2.50. The number of benzene rings is 2. The van der Waals surface area contributed by atoms with Crippen LogP contribution in [0.4, 0.5) is 0 Å². The van der Waals surface area contributed by atoms with Crippen LogP contribution < -0.4 is 0 Å². The van der Waals surface area contributed by atoms with Crippen molar-refractivity contribution in [3.8, 4) is 6.07 Å². The Kier molecular flexibility index (Phi) is 4.32. The third kappa shape index (κ3) is 2.78. The van der Waals surface area contributed by atoms with Crippen molar-refractivity contribution in [3.63, 3.8) is 0 Å². The molecule has 0 spiro atoms. The number of carbonyl (C=O) groups excluding carboxylic acids is 1. The maximum absolute atomic E-state index is 11.4. The van der Waals surface area contributed by atoms with E-state index in [0.717, 1.165) is 11.1 Å². The lowest BCUT2D eigenvalue weighted by atomic mass is 9.72. The van der Waals surface area contributed by atoms with Crippen LogP contribution >= 0.6 is 0 Å². The Balaban J connectivity index is 2.53. The van der Waals surface area contributed by atoms with E-state index < -0.39 is 5.41 Å². The third-order valence-corrected chi connectivity index (χ3v) is 3.58. The normalized spacial score (nSPS) is 10.8. The van der Waals surface area contributed by atoms with Gasteiger partial charge in [-0.1, -0.05) is 60.7 Å². The minimum Gasteiger partial charge on any atom is -0.300 e. The van der Waals surface area contributed by atoms with E-state index in [0.29, 0.717) is 12.8 Å². The number of hydrogen-bond acceptors (Lipinski definition) is 2. The Hall–Kier alpha value is -2.40. The van der Waals surface area contributed by atoms with Gasteiger partial charge >= 0.3 is 0 Å². The van der Waals surface area contributed by atoms with E-state index in [9.17, 15) is 10.1 Å². The lowest BCUT2D eigenvalue weighted by Gasteiger charge is -2.27. The van der Waals surface area contributed by atoms with Crippen molar-refractivity contribution in [3.05, 3.63) is 71.8 Å². The second-order valence-electron chi connectivity index (χ2n) is 4.95. The van der Waals surface area contributed by atoms with E-state index in [1.807, 2.05) is 60.7 Å². The molecule has 0 saturated heterocycles. The van der Waals surface area contributed by atoms with E-state index in [-0.39, 0.29) is 5.78 Å². The molecule has 20 heavy (non-hydrogen) atoms. The first-order valence-corrected chi connectivity index (χ1v) is 6.71. The second-order valence-corrected chi connectivity index (χ2v) is 4.95. The fourth-order valence-corrected chi connectivity index (χ4v) is 2.45. The van der Waals surface area contributed by atoms with Crippen LogP contribution in [0.25, 0.3) is 0 Å². The molecule has 0 aliphatic carbocycles. The van der Waals surface area contributed by atoms with Gasteiger partial charge in [0.25, 0.3) is 0 Å². The molecule has 2 heteroatoms. The number of nitriles is 1. The van der Waals surface area contributed by atoms with Gasteiger partial charge in [0.15, 0.2) is 0 Å². The Morgan fingerprint density at radius 3 is 1.80 bits per heavy atom. The van der Waals surface area contributed by atoms with Gasteiger partial charge in [-0.25, -0.2) is 0 Å². The van der Waals surface area contributed by atoms with Crippen LogP contribution in [0.15, 0.2) is 60.7 Å². The monoisotopic (exact) mass is 263 g/mol. The highest BCUT2D eigenvalue weighted by Crippen LogP contribution is 2.36. The predicted molar refractivity (Wildman–Crippen MR) is 79.2 cm³/mol. The molecule has 0 fully saturated rings. The number of rotatable bonds is 5. The smallest absolute Gasteiger partial charge is 0.129 e. The molecule has 0 unspecified atom stereocenters. The quantitative estimate of drug-likeness (QED) is 0.821. The lowest BCUT2D eigenvalue weighted by Crippen LogP contribution is -2.26. The first-order valence-electron chi connectivity index (χ1n) is 6.71. The van der Waals surface area contributed by atoms with Crippen LogP contribution in [0.2, 0.25) is 0 Å². The van der Waals surface area contributed by atoms with Crippen LogP contribution in [0.1, 0.15) is 30.9 Å². The van der Waals surface area contributed by atoms with Gasteiger partial charge in [-0.15, -0.1) is 0 Å². The average molecular weight is 263 g/mol. The van der Waals surface area contributed by atoms with Crippen LogP contribution in [-0.4, -0.2) is 5.78 Å². The van der Waals surface area contributed by atoms with Gasteiger partial charge in [0.05, 0.1) is 6.07 Å². The summed E-state index contributed by atoms with van der Waals surface area (Å²) in [4.78, 5) is 11.4. The minimum atomic E-state index is -0.756. The maximum atomic E-state index is 11.4. The number of nitrogens with zero attached hydrogens (tertiary/aromatic N) is 1. The van der Waals surface area contributed by atoms with E-state index >= 15 is 0 Å². The van der Waals surface area contributed by atoms with Crippen molar-refractivity contribution < 1.29 is 4.79 Å². The largest absolute Gasteiger partial charge is 0.300 e. The van der Waals surface area contributed by atoms with Crippen molar-refractivity contribution in [1.29, 1.82) is 5.26 Å². The summed E-state index contributed by atoms with van der Waals surface area (Å²) in [7, 11) is 0. The molecule has 0 heterocycles. The van der Waals surface area contributed by atoms with Gasteiger partial charge in [0, 0.05) is 6.42 Å². The van der Waals surface area contributed by atoms with Crippen LogP contribution in [-0.2, 0) is 10.2 Å². The molecule has 0 atom stereocenters. The summed E-state index contributed by atoms with van der Waals surface area (Å²) in [5, 5.41) is 9.83. The molecule has 0 radical (unpaired) electrons. The van der Waals surface area contributed by atoms with Crippen molar-refractivity contribution in [2.45, 2.75) is 25.2 Å². The molecule has 2 nitrogen and oxygen atoms in total. The zero-order valence-electron chi connectivity index (χ0n) is 11.5. The fourth-order valence-electron chi connectivity index (χ4n) is 2.45. The second kappa shape index (κ2) is 6.16. The predicted octanol–water partition coefficient (Wildman–Crippen LogP) is 3.87. The first kappa shape index (κ1) is 14.0. The Bertz CT molecular complexity index is 571. The van der Waals surface area contributed by atoms with Crippen molar-refractivity contribution in [2.24, 2.45) is 0 Å². The highest BCUT2D eigenvalue weighted by molar-refractivity contribution is 5.75. The minimum absolute atomic E-state index is 0.108. The van der Waals surface area contributed by atoms with Crippen molar-refractivity contribution in [1.82, 2.24) is 0 Å². The molecule has 0 aliphatic heterocycles. The molecule has 2 aromatic carbocycles. The molecule has 0 bridgehead atoms. The van der Waals surface area contributed by atoms with Gasteiger partial charge in [-0.2, -0.15) is 5.26 Å². The zero-order valence-corrected chi connectivity index (χ0v) is 11.5. The number of ketones is 1. The summed E-state index contributed by atoms with van der Waals surface area (Å²) in [5.41, 5.74) is 1.12. The molecule has 0 saturated carbocycles. The van der Waals surface area contributed by atoms with E-state index in [1.54, 1.807) is 6.92 Å². The van der Waals surface area contributed by atoms with Gasteiger partial charge < -0.3 is 4.79 Å². The van der Waals surface area contributed by atoms with Gasteiger partial charge in [-0.3, -0.25) is 0 Å². The molecular formula is C18H17NO. The van der Waals surface area contributed by atoms with Crippen LogP contribution in [0, 0.1) is 11.3 Å². The zero-order chi connectivity index (χ0) is 14.4. The molecule has 2 rings (SSSR count). The Morgan fingerprint density at radius 2 is 1.45 bits per heavy atom.